The van der Waals surface area contributed by atoms with Gasteiger partial charge in [-0.15, -0.1) is 0 Å². The smallest absolute Gasteiger partial charge is 0.0547 e. The van der Waals surface area contributed by atoms with Crippen molar-refractivity contribution in [3.05, 3.63) is 146 Å². The first-order valence-corrected chi connectivity index (χ1v) is 14.5. The van der Waals surface area contributed by atoms with Crippen molar-refractivity contribution in [2.45, 2.75) is 0 Å². The molecule has 8 aromatic carbocycles. The Morgan fingerprint density at radius 2 is 0.714 bits per heavy atom. The van der Waals surface area contributed by atoms with Crippen molar-refractivity contribution < 1.29 is 0 Å². The van der Waals surface area contributed by atoms with Gasteiger partial charge in [0.15, 0.2) is 0 Å². The minimum absolute atomic E-state index is 1.19. The molecule has 0 aliphatic heterocycles. The fourth-order valence-corrected chi connectivity index (χ4v) is 7.56. The Labute approximate surface area is 241 Å². The minimum atomic E-state index is 1.19. The second kappa shape index (κ2) is 7.99. The van der Waals surface area contributed by atoms with Gasteiger partial charge in [-0.25, -0.2) is 0 Å². The van der Waals surface area contributed by atoms with Crippen molar-refractivity contribution in [2.75, 3.05) is 0 Å². The largest absolute Gasteiger partial charge is 0.309 e. The zero-order valence-corrected chi connectivity index (χ0v) is 22.8. The highest BCUT2D eigenvalue weighted by Crippen LogP contribution is 2.46. The first-order chi connectivity index (χ1) is 20.9. The second-order valence-corrected chi connectivity index (χ2v) is 11.3. The molecule has 194 valence electrons. The van der Waals surface area contributed by atoms with Crippen LogP contribution in [0.1, 0.15) is 0 Å². The fraction of sp³-hybridized carbons (Fsp3) is 0. The van der Waals surface area contributed by atoms with Crippen molar-refractivity contribution in [1.29, 1.82) is 0 Å². The topological polar surface area (TPSA) is 9.86 Å². The average molecular weight is 533 g/mol. The van der Waals surface area contributed by atoms with Gasteiger partial charge in [0.2, 0.25) is 0 Å². The molecule has 0 spiro atoms. The van der Waals surface area contributed by atoms with Gasteiger partial charge in [0.1, 0.15) is 0 Å². The molecule has 0 atom stereocenters. The molecule has 2 heterocycles. The SMILES string of the molecule is c1ccc(-n2c3cccc4ccc5c(-c6ccc7c8c6ccc6cccc(c68)n7-c6ccccc6)ccc2c5c43)cc1. The average Bonchev–Trinajstić information content (AvgIpc) is 3.58. The summed E-state index contributed by atoms with van der Waals surface area (Å²) in [6.45, 7) is 0. The summed E-state index contributed by atoms with van der Waals surface area (Å²) in [6, 6.07) is 53.4. The van der Waals surface area contributed by atoms with Crippen molar-refractivity contribution >= 4 is 65.2 Å². The second-order valence-electron chi connectivity index (χ2n) is 11.3. The van der Waals surface area contributed by atoms with Crippen LogP contribution in [0.3, 0.4) is 0 Å². The summed E-state index contributed by atoms with van der Waals surface area (Å²) in [5.74, 6) is 0. The molecular formula is C40H24N2. The van der Waals surface area contributed by atoms with Crippen LogP contribution < -0.4 is 0 Å². The summed E-state index contributed by atoms with van der Waals surface area (Å²) < 4.78 is 4.84. The predicted molar refractivity (Wildman–Crippen MR) is 178 cm³/mol. The number of hydrogen-bond acceptors (Lipinski definition) is 0. The van der Waals surface area contributed by atoms with Crippen molar-refractivity contribution in [2.24, 2.45) is 0 Å². The monoisotopic (exact) mass is 532 g/mol. The summed E-state index contributed by atoms with van der Waals surface area (Å²) in [7, 11) is 0. The zero-order chi connectivity index (χ0) is 27.4. The molecule has 0 N–H and O–H groups in total. The molecule has 42 heavy (non-hydrogen) atoms. The molecule has 0 aliphatic rings. The summed E-state index contributed by atoms with van der Waals surface area (Å²) in [4.78, 5) is 0. The van der Waals surface area contributed by atoms with E-state index in [2.05, 4.69) is 155 Å². The van der Waals surface area contributed by atoms with E-state index in [4.69, 9.17) is 0 Å². The van der Waals surface area contributed by atoms with E-state index in [1.165, 1.54) is 87.7 Å². The van der Waals surface area contributed by atoms with E-state index < -0.39 is 0 Å². The molecule has 2 nitrogen and oxygen atoms in total. The molecular weight excluding hydrogens is 508 g/mol. The third kappa shape index (κ3) is 2.74. The molecule has 0 aliphatic carbocycles. The van der Waals surface area contributed by atoms with Crippen LogP contribution in [0.25, 0.3) is 87.7 Å². The van der Waals surface area contributed by atoms with Crippen LogP contribution in [0.2, 0.25) is 0 Å². The Morgan fingerprint density at radius 3 is 1.17 bits per heavy atom. The number of aromatic nitrogens is 2. The van der Waals surface area contributed by atoms with Gasteiger partial charge in [-0.1, -0.05) is 97.1 Å². The molecule has 10 rings (SSSR count). The minimum Gasteiger partial charge on any atom is -0.309 e. The lowest BCUT2D eigenvalue weighted by Gasteiger charge is -2.13. The highest BCUT2D eigenvalue weighted by Gasteiger charge is 2.22. The molecule has 2 heteroatoms. The van der Waals surface area contributed by atoms with Gasteiger partial charge < -0.3 is 9.13 Å². The van der Waals surface area contributed by atoms with E-state index in [0.717, 1.165) is 0 Å². The molecule has 0 radical (unpaired) electrons. The van der Waals surface area contributed by atoms with Gasteiger partial charge in [0.25, 0.3) is 0 Å². The summed E-state index contributed by atoms with van der Waals surface area (Å²) >= 11 is 0. The van der Waals surface area contributed by atoms with Gasteiger partial charge >= 0.3 is 0 Å². The molecule has 10 aromatic rings. The summed E-state index contributed by atoms with van der Waals surface area (Å²) in [6.07, 6.45) is 0. The number of rotatable bonds is 3. The normalized spacial score (nSPS) is 12.3. The molecule has 0 saturated heterocycles. The highest BCUT2D eigenvalue weighted by molar-refractivity contribution is 6.30. The Balaban J connectivity index is 1.33. The van der Waals surface area contributed by atoms with Gasteiger partial charge in [-0.2, -0.15) is 0 Å². The Bertz CT molecular complexity index is 2420. The van der Waals surface area contributed by atoms with E-state index in [1.54, 1.807) is 0 Å². The fourth-order valence-electron chi connectivity index (χ4n) is 7.56. The van der Waals surface area contributed by atoms with E-state index in [0.29, 0.717) is 0 Å². The lowest BCUT2D eigenvalue weighted by Crippen LogP contribution is -1.93. The van der Waals surface area contributed by atoms with Gasteiger partial charge in [0.05, 0.1) is 22.1 Å². The van der Waals surface area contributed by atoms with Gasteiger partial charge in [-0.3, -0.25) is 0 Å². The quantitative estimate of drug-likeness (QED) is 0.200. The molecule has 0 saturated carbocycles. The lowest BCUT2D eigenvalue weighted by molar-refractivity contribution is 1.18. The van der Waals surface area contributed by atoms with Gasteiger partial charge in [0, 0.05) is 32.9 Å². The standard InChI is InChI=1S/C40H24N2/c1-3-11-27(12-4-1)41-33-15-7-9-25-17-19-31-29(21-23-35(41)39(31)37(25)33)30-22-24-36-40-32(30)20-18-26-10-8-16-34(38(26)40)42(36)28-13-5-2-6-14-28/h1-24H. The van der Waals surface area contributed by atoms with Crippen molar-refractivity contribution in [3.63, 3.8) is 0 Å². The number of benzene rings is 8. The Morgan fingerprint density at radius 1 is 0.286 bits per heavy atom. The third-order valence-electron chi connectivity index (χ3n) is 9.24. The summed E-state index contributed by atoms with van der Waals surface area (Å²) in [5.41, 5.74) is 9.95. The maximum Gasteiger partial charge on any atom is 0.0547 e. The van der Waals surface area contributed by atoms with Crippen LogP contribution in [0.15, 0.2) is 146 Å². The number of nitrogens with zero attached hydrogens (tertiary/aromatic N) is 2. The van der Waals surface area contributed by atoms with E-state index in [-0.39, 0.29) is 0 Å². The third-order valence-corrected chi connectivity index (χ3v) is 9.24. The molecule has 0 bridgehead atoms. The zero-order valence-electron chi connectivity index (χ0n) is 22.8. The van der Waals surface area contributed by atoms with Crippen LogP contribution in [0.5, 0.6) is 0 Å². The number of hydrogen-bond donors (Lipinski definition) is 0. The van der Waals surface area contributed by atoms with E-state index in [9.17, 15) is 0 Å². The van der Waals surface area contributed by atoms with Crippen LogP contribution in [0, 0.1) is 0 Å². The highest BCUT2D eigenvalue weighted by atomic mass is 15.0. The van der Waals surface area contributed by atoms with Crippen LogP contribution in [0.4, 0.5) is 0 Å². The predicted octanol–water partition coefficient (Wildman–Crippen LogP) is 10.7. The Hall–Kier alpha value is -5.60. The lowest BCUT2D eigenvalue weighted by atomic mass is 9.90. The van der Waals surface area contributed by atoms with Gasteiger partial charge in [-0.05, 0) is 81.2 Å². The maximum absolute atomic E-state index is 2.42. The molecule has 0 fully saturated rings. The molecule has 0 amide bonds. The van der Waals surface area contributed by atoms with Crippen LogP contribution >= 0.6 is 0 Å². The Kier molecular flexibility index (Phi) is 4.21. The van der Waals surface area contributed by atoms with Crippen molar-refractivity contribution in [3.8, 4) is 22.5 Å². The van der Waals surface area contributed by atoms with Crippen molar-refractivity contribution in [1.82, 2.24) is 9.13 Å². The van der Waals surface area contributed by atoms with E-state index >= 15 is 0 Å². The van der Waals surface area contributed by atoms with Crippen LogP contribution in [-0.2, 0) is 0 Å². The summed E-state index contributed by atoms with van der Waals surface area (Å²) in [5, 5.41) is 10.5. The first kappa shape index (κ1) is 22.1. The first-order valence-electron chi connectivity index (χ1n) is 14.5. The molecule has 2 aromatic heterocycles. The van der Waals surface area contributed by atoms with E-state index in [1.807, 2.05) is 0 Å². The number of para-hydroxylation sites is 2. The maximum atomic E-state index is 2.42. The van der Waals surface area contributed by atoms with Crippen LogP contribution in [-0.4, -0.2) is 9.13 Å². The molecule has 0 unspecified atom stereocenters.